The summed E-state index contributed by atoms with van der Waals surface area (Å²) in [4.78, 5) is 35.4. The number of phosphoric acid groups is 1. The number of nitrogens with zero attached hydrogens (tertiary/aromatic N) is 1. The maximum Gasteiger partial charge on any atom is 0.472 e. The zero-order valence-corrected chi connectivity index (χ0v) is 41.5. The third-order valence-corrected chi connectivity index (χ3v) is 11.5. The maximum atomic E-state index is 12.7. The summed E-state index contributed by atoms with van der Waals surface area (Å²) >= 11 is 0. The van der Waals surface area contributed by atoms with Crippen molar-refractivity contribution in [2.24, 2.45) is 0 Å². The molecule has 360 valence electrons. The zero-order chi connectivity index (χ0) is 45.7. The molecule has 0 amide bonds. The Morgan fingerprint density at radius 1 is 0.516 bits per heavy atom. The molecule has 0 saturated carbocycles. The molecule has 0 saturated heterocycles. The van der Waals surface area contributed by atoms with E-state index in [-0.39, 0.29) is 32.0 Å². The van der Waals surface area contributed by atoms with Crippen LogP contribution < -0.4 is 0 Å². The summed E-state index contributed by atoms with van der Waals surface area (Å²) in [6, 6.07) is 0. The molecule has 1 N–H and O–H groups in total. The van der Waals surface area contributed by atoms with Crippen LogP contribution in [0.25, 0.3) is 0 Å². The molecule has 0 spiro atoms. The largest absolute Gasteiger partial charge is 0.472 e. The lowest BCUT2D eigenvalue weighted by Gasteiger charge is -2.24. The Bertz CT molecular complexity index is 1240. The minimum atomic E-state index is -4.39. The van der Waals surface area contributed by atoms with Crippen LogP contribution in [-0.2, 0) is 32.7 Å². The van der Waals surface area contributed by atoms with Gasteiger partial charge in [-0.2, -0.15) is 0 Å². The predicted molar refractivity (Wildman–Crippen MR) is 261 cm³/mol. The monoisotopic (exact) mass is 893 g/mol. The summed E-state index contributed by atoms with van der Waals surface area (Å²) in [5.41, 5.74) is 0. The number of phosphoric ester groups is 1. The quantitative estimate of drug-likeness (QED) is 0.0212. The van der Waals surface area contributed by atoms with Crippen molar-refractivity contribution in [1.29, 1.82) is 0 Å². The van der Waals surface area contributed by atoms with Gasteiger partial charge in [0.15, 0.2) is 6.10 Å². The summed E-state index contributed by atoms with van der Waals surface area (Å²) < 4.78 is 34.3. The smallest absolute Gasteiger partial charge is 0.462 e. The van der Waals surface area contributed by atoms with Gasteiger partial charge in [-0.25, -0.2) is 4.57 Å². The van der Waals surface area contributed by atoms with Gasteiger partial charge in [-0.3, -0.25) is 18.6 Å². The Morgan fingerprint density at radius 3 is 1.39 bits per heavy atom. The fraction of sp³-hybridized carbons (Fsp3) is 0.769. The lowest BCUT2D eigenvalue weighted by molar-refractivity contribution is -0.870. The van der Waals surface area contributed by atoms with Gasteiger partial charge < -0.3 is 18.9 Å². The number of hydrogen-bond donors (Lipinski definition) is 1. The summed E-state index contributed by atoms with van der Waals surface area (Å²) in [6.45, 7) is 4.27. The first kappa shape index (κ1) is 59.7. The Hall–Kier alpha value is -2.29. The molecule has 0 aliphatic rings. The minimum Gasteiger partial charge on any atom is -0.462 e. The molecule has 0 fully saturated rings. The molecule has 0 rings (SSSR count). The van der Waals surface area contributed by atoms with E-state index in [2.05, 4.69) is 74.6 Å². The summed E-state index contributed by atoms with van der Waals surface area (Å²) in [7, 11) is 1.45. The molecule has 0 aromatic carbocycles. The molecule has 9 nitrogen and oxygen atoms in total. The second-order valence-electron chi connectivity index (χ2n) is 17.8. The van der Waals surface area contributed by atoms with Crippen LogP contribution in [0.5, 0.6) is 0 Å². The van der Waals surface area contributed by atoms with Gasteiger partial charge in [-0.15, -0.1) is 0 Å². The van der Waals surface area contributed by atoms with Gasteiger partial charge >= 0.3 is 19.8 Å². The van der Waals surface area contributed by atoms with Crippen LogP contribution in [0.3, 0.4) is 0 Å². The van der Waals surface area contributed by atoms with E-state index in [1.807, 2.05) is 21.1 Å². The summed E-state index contributed by atoms with van der Waals surface area (Å²) in [5, 5.41) is 0. The summed E-state index contributed by atoms with van der Waals surface area (Å²) in [5.74, 6) is -0.833. The van der Waals surface area contributed by atoms with E-state index in [1.165, 1.54) is 109 Å². The van der Waals surface area contributed by atoms with E-state index in [9.17, 15) is 19.0 Å². The van der Waals surface area contributed by atoms with E-state index in [4.69, 9.17) is 18.5 Å². The van der Waals surface area contributed by atoms with Gasteiger partial charge in [0.2, 0.25) is 0 Å². The van der Waals surface area contributed by atoms with Crippen LogP contribution in [0.2, 0.25) is 0 Å². The standard InChI is InChI=1S/C52H94NO8P/c1-6-8-10-12-14-16-18-20-21-22-23-24-25-26-27-28-29-30-31-33-34-36-38-40-42-44-51(54)58-48-50(49-60-62(56,57)59-47-46-53(3,4)5)61-52(55)45-43-41-39-37-35-32-19-17-15-13-11-9-7-2/h9,11,15,17-18,20,22-23,32,35,50H,6-8,10,12-14,16,19,21,24-31,33-34,36-49H2,1-5H3/p+1/b11-9-,17-15-,20-18-,23-22-,35-32-. The van der Waals surface area contributed by atoms with Gasteiger partial charge in [0.25, 0.3) is 0 Å². The van der Waals surface area contributed by atoms with Crippen molar-refractivity contribution < 1.29 is 42.1 Å². The molecular weight excluding hydrogens is 798 g/mol. The predicted octanol–water partition coefficient (Wildman–Crippen LogP) is 14.8. The number of esters is 2. The minimum absolute atomic E-state index is 0.0239. The second kappa shape index (κ2) is 43.9. The molecule has 2 unspecified atom stereocenters. The Kier molecular flexibility index (Phi) is 42.3. The highest BCUT2D eigenvalue weighted by Crippen LogP contribution is 2.43. The lowest BCUT2D eigenvalue weighted by Crippen LogP contribution is -2.37. The van der Waals surface area contributed by atoms with Gasteiger partial charge in [0.05, 0.1) is 27.7 Å². The third-order valence-electron chi connectivity index (χ3n) is 10.5. The Labute approximate surface area is 381 Å². The van der Waals surface area contributed by atoms with Crippen molar-refractivity contribution in [3.63, 3.8) is 0 Å². The number of allylic oxidation sites excluding steroid dienone is 10. The molecule has 62 heavy (non-hydrogen) atoms. The number of carbonyl (C=O) groups excluding carboxylic acids is 2. The van der Waals surface area contributed by atoms with Crippen molar-refractivity contribution in [1.82, 2.24) is 0 Å². The number of quaternary nitrogens is 1. The molecule has 0 aromatic rings. The molecule has 2 atom stereocenters. The molecule has 0 aliphatic heterocycles. The van der Waals surface area contributed by atoms with E-state index < -0.39 is 26.5 Å². The van der Waals surface area contributed by atoms with E-state index in [0.29, 0.717) is 17.4 Å². The fourth-order valence-corrected chi connectivity index (χ4v) is 7.39. The zero-order valence-electron chi connectivity index (χ0n) is 40.6. The van der Waals surface area contributed by atoms with Crippen molar-refractivity contribution in [3.8, 4) is 0 Å². The number of ether oxygens (including phenoxy) is 2. The van der Waals surface area contributed by atoms with Gasteiger partial charge in [-0.05, 0) is 77.0 Å². The molecule has 0 aromatic heterocycles. The van der Waals surface area contributed by atoms with Gasteiger partial charge in [-0.1, -0.05) is 177 Å². The number of likely N-dealkylation sites (N-methyl/N-ethyl adjacent to an activating group) is 1. The van der Waals surface area contributed by atoms with E-state index >= 15 is 0 Å². The van der Waals surface area contributed by atoms with Crippen molar-refractivity contribution in [3.05, 3.63) is 60.8 Å². The highest BCUT2D eigenvalue weighted by molar-refractivity contribution is 7.47. The molecule has 0 aliphatic carbocycles. The first-order valence-corrected chi connectivity index (χ1v) is 26.5. The van der Waals surface area contributed by atoms with Crippen LogP contribution in [-0.4, -0.2) is 74.9 Å². The van der Waals surface area contributed by atoms with Crippen LogP contribution in [0.4, 0.5) is 0 Å². The topological polar surface area (TPSA) is 108 Å². The fourth-order valence-electron chi connectivity index (χ4n) is 6.65. The Morgan fingerprint density at radius 2 is 0.919 bits per heavy atom. The van der Waals surface area contributed by atoms with Crippen molar-refractivity contribution in [2.45, 2.75) is 213 Å². The third kappa shape index (κ3) is 47.2. The van der Waals surface area contributed by atoms with E-state index in [1.54, 1.807) is 0 Å². The SMILES string of the molecule is CC/C=C\C/C=C\C/C=C\CCCCCC(=O)OC(COC(=O)CCCCCCCCCCCCCCC/C=C\C/C=C\CCCCCCC)COP(=O)(O)OCC[N+](C)(C)C. The van der Waals surface area contributed by atoms with Crippen LogP contribution in [0, 0.1) is 0 Å². The molecule has 0 radical (unpaired) electrons. The van der Waals surface area contributed by atoms with E-state index in [0.717, 1.165) is 64.2 Å². The molecule has 0 heterocycles. The summed E-state index contributed by atoms with van der Waals surface area (Å²) in [6.07, 6.45) is 54.3. The highest BCUT2D eigenvalue weighted by Gasteiger charge is 2.27. The first-order chi connectivity index (χ1) is 30.0. The number of unbranched alkanes of at least 4 members (excludes halogenated alkanes) is 21. The Balaban J connectivity index is 4.19. The van der Waals surface area contributed by atoms with Crippen molar-refractivity contribution >= 4 is 19.8 Å². The van der Waals surface area contributed by atoms with Crippen molar-refractivity contribution in [2.75, 3.05) is 47.5 Å². The van der Waals surface area contributed by atoms with Gasteiger partial charge in [0, 0.05) is 12.8 Å². The average Bonchev–Trinajstić information content (AvgIpc) is 3.23. The lowest BCUT2D eigenvalue weighted by atomic mass is 10.0. The first-order valence-electron chi connectivity index (χ1n) is 25.0. The van der Waals surface area contributed by atoms with Crippen LogP contribution >= 0.6 is 7.82 Å². The number of hydrogen-bond acceptors (Lipinski definition) is 7. The van der Waals surface area contributed by atoms with Crippen LogP contribution in [0.1, 0.15) is 206 Å². The highest BCUT2D eigenvalue weighted by atomic mass is 31.2. The average molecular weight is 893 g/mol. The maximum absolute atomic E-state index is 12.7. The number of carbonyl (C=O) groups is 2. The van der Waals surface area contributed by atoms with Crippen LogP contribution in [0.15, 0.2) is 60.8 Å². The normalized spacial score (nSPS) is 14.0. The second-order valence-corrected chi connectivity index (χ2v) is 19.3. The molecular formula is C52H95NO8P+. The molecule has 10 heteroatoms. The van der Waals surface area contributed by atoms with Gasteiger partial charge in [0.1, 0.15) is 19.8 Å². The molecule has 0 bridgehead atoms. The number of rotatable bonds is 45.